The summed E-state index contributed by atoms with van der Waals surface area (Å²) < 4.78 is 5.89. The summed E-state index contributed by atoms with van der Waals surface area (Å²) in [6.45, 7) is 6.47. The maximum Gasteiger partial charge on any atom is 0.147 e. The molecule has 2 unspecified atom stereocenters. The molecule has 0 heterocycles. The SMILES string of the molecule is Cc1ccc(C)c(OC(C)NCC(O)c2ccccc2)c1. The average molecular weight is 285 g/mol. The van der Waals surface area contributed by atoms with Gasteiger partial charge in [0.1, 0.15) is 12.0 Å². The van der Waals surface area contributed by atoms with E-state index in [-0.39, 0.29) is 6.23 Å². The van der Waals surface area contributed by atoms with Gasteiger partial charge in [-0.2, -0.15) is 0 Å². The minimum atomic E-state index is -0.532. The summed E-state index contributed by atoms with van der Waals surface area (Å²) in [7, 11) is 0. The van der Waals surface area contributed by atoms with Gasteiger partial charge in [0.15, 0.2) is 0 Å². The van der Waals surface area contributed by atoms with Crippen LogP contribution < -0.4 is 10.1 Å². The molecule has 2 atom stereocenters. The summed E-state index contributed by atoms with van der Waals surface area (Å²) in [6, 6.07) is 15.8. The Morgan fingerprint density at radius 3 is 2.52 bits per heavy atom. The lowest BCUT2D eigenvalue weighted by molar-refractivity contribution is 0.127. The van der Waals surface area contributed by atoms with Crippen molar-refractivity contribution in [1.29, 1.82) is 0 Å². The molecule has 0 bridgehead atoms. The van der Waals surface area contributed by atoms with Crippen LogP contribution in [0.5, 0.6) is 5.75 Å². The van der Waals surface area contributed by atoms with Gasteiger partial charge in [-0.3, -0.25) is 5.32 Å². The maximum absolute atomic E-state index is 10.1. The molecule has 2 N–H and O–H groups in total. The summed E-state index contributed by atoms with van der Waals surface area (Å²) in [6.07, 6.45) is -0.695. The van der Waals surface area contributed by atoms with E-state index in [2.05, 4.69) is 17.4 Å². The summed E-state index contributed by atoms with van der Waals surface area (Å²) in [5.74, 6) is 0.879. The highest BCUT2D eigenvalue weighted by Gasteiger charge is 2.10. The third-order valence-corrected chi connectivity index (χ3v) is 3.43. The minimum Gasteiger partial charge on any atom is -0.475 e. The first-order valence-corrected chi connectivity index (χ1v) is 7.26. The van der Waals surface area contributed by atoms with E-state index >= 15 is 0 Å². The minimum absolute atomic E-state index is 0.163. The molecular weight excluding hydrogens is 262 g/mol. The van der Waals surface area contributed by atoms with Crippen molar-refractivity contribution in [2.75, 3.05) is 6.54 Å². The number of nitrogens with one attached hydrogen (secondary N) is 1. The zero-order chi connectivity index (χ0) is 15.2. The number of aliphatic hydroxyl groups is 1. The van der Waals surface area contributed by atoms with Crippen molar-refractivity contribution in [2.24, 2.45) is 0 Å². The van der Waals surface area contributed by atoms with Gasteiger partial charge in [-0.1, -0.05) is 42.5 Å². The molecule has 0 fully saturated rings. The van der Waals surface area contributed by atoms with Gasteiger partial charge in [-0.25, -0.2) is 0 Å². The number of aryl methyl sites for hydroxylation is 2. The van der Waals surface area contributed by atoms with E-state index in [0.717, 1.165) is 16.9 Å². The number of rotatable bonds is 6. The Morgan fingerprint density at radius 2 is 1.81 bits per heavy atom. The standard InChI is InChI=1S/C18H23NO2/c1-13-9-10-14(2)18(11-13)21-15(3)19-12-17(20)16-7-5-4-6-8-16/h4-11,15,17,19-20H,12H2,1-3H3. The first-order valence-electron chi connectivity index (χ1n) is 7.26. The van der Waals surface area contributed by atoms with Crippen LogP contribution in [-0.4, -0.2) is 17.9 Å². The highest BCUT2D eigenvalue weighted by molar-refractivity contribution is 5.36. The van der Waals surface area contributed by atoms with Gasteiger partial charge in [-0.05, 0) is 43.5 Å². The lowest BCUT2D eigenvalue weighted by Crippen LogP contribution is -2.34. The molecule has 21 heavy (non-hydrogen) atoms. The van der Waals surface area contributed by atoms with Crippen molar-refractivity contribution in [2.45, 2.75) is 33.1 Å². The highest BCUT2D eigenvalue weighted by Crippen LogP contribution is 2.20. The normalized spacial score (nSPS) is 13.7. The second kappa shape index (κ2) is 7.25. The fourth-order valence-corrected chi connectivity index (χ4v) is 2.14. The van der Waals surface area contributed by atoms with Crippen molar-refractivity contribution < 1.29 is 9.84 Å². The molecule has 3 nitrogen and oxygen atoms in total. The molecule has 0 radical (unpaired) electrons. The van der Waals surface area contributed by atoms with Crippen molar-refractivity contribution in [1.82, 2.24) is 5.32 Å². The quantitative estimate of drug-likeness (QED) is 0.800. The molecule has 0 saturated heterocycles. The molecule has 0 aliphatic carbocycles. The van der Waals surface area contributed by atoms with Crippen LogP contribution in [-0.2, 0) is 0 Å². The summed E-state index contributed by atoms with van der Waals surface area (Å²) in [4.78, 5) is 0. The number of ether oxygens (including phenoxy) is 1. The monoisotopic (exact) mass is 285 g/mol. The Kier molecular flexibility index (Phi) is 5.37. The van der Waals surface area contributed by atoms with E-state index in [1.807, 2.05) is 57.2 Å². The topological polar surface area (TPSA) is 41.5 Å². The Morgan fingerprint density at radius 1 is 1.10 bits per heavy atom. The van der Waals surface area contributed by atoms with Crippen LogP contribution in [0, 0.1) is 13.8 Å². The van der Waals surface area contributed by atoms with E-state index in [1.165, 1.54) is 5.56 Å². The molecule has 0 spiro atoms. The van der Waals surface area contributed by atoms with Crippen LogP contribution in [0.3, 0.4) is 0 Å². The molecule has 0 aliphatic rings. The molecule has 2 rings (SSSR count). The molecule has 0 amide bonds. The van der Waals surface area contributed by atoms with E-state index in [9.17, 15) is 5.11 Å². The van der Waals surface area contributed by atoms with Gasteiger partial charge in [0.2, 0.25) is 0 Å². The Labute approximate surface area is 126 Å². The molecule has 2 aromatic rings. The van der Waals surface area contributed by atoms with Crippen molar-refractivity contribution >= 4 is 0 Å². The van der Waals surface area contributed by atoms with Crippen LogP contribution in [0.4, 0.5) is 0 Å². The lowest BCUT2D eigenvalue weighted by atomic mass is 10.1. The molecule has 112 valence electrons. The summed E-state index contributed by atoms with van der Waals surface area (Å²) >= 11 is 0. The maximum atomic E-state index is 10.1. The zero-order valence-electron chi connectivity index (χ0n) is 12.8. The Hall–Kier alpha value is -1.84. The molecular formula is C18H23NO2. The second-order valence-corrected chi connectivity index (χ2v) is 5.36. The van der Waals surface area contributed by atoms with Gasteiger partial charge in [-0.15, -0.1) is 0 Å². The van der Waals surface area contributed by atoms with Gasteiger partial charge in [0.05, 0.1) is 6.10 Å². The van der Waals surface area contributed by atoms with Crippen molar-refractivity contribution in [3.05, 3.63) is 65.2 Å². The largest absolute Gasteiger partial charge is 0.475 e. The van der Waals surface area contributed by atoms with Gasteiger partial charge >= 0.3 is 0 Å². The fraction of sp³-hybridized carbons (Fsp3) is 0.333. The highest BCUT2D eigenvalue weighted by atomic mass is 16.5. The van der Waals surface area contributed by atoms with Gasteiger partial charge < -0.3 is 9.84 Å². The van der Waals surface area contributed by atoms with Crippen LogP contribution in [0.25, 0.3) is 0 Å². The third kappa shape index (κ3) is 4.59. The Balaban J connectivity index is 1.87. The van der Waals surface area contributed by atoms with E-state index in [0.29, 0.717) is 6.54 Å². The summed E-state index contributed by atoms with van der Waals surface area (Å²) in [5.41, 5.74) is 3.19. The number of hydrogen-bond acceptors (Lipinski definition) is 3. The van der Waals surface area contributed by atoms with Crippen LogP contribution in [0.15, 0.2) is 48.5 Å². The first-order chi connectivity index (χ1) is 10.1. The van der Waals surface area contributed by atoms with Crippen LogP contribution in [0.1, 0.15) is 29.7 Å². The fourth-order valence-electron chi connectivity index (χ4n) is 2.14. The summed E-state index contributed by atoms with van der Waals surface area (Å²) in [5, 5.41) is 13.3. The predicted octanol–water partition coefficient (Wildman–Crippen LogP) is 3.35. The van der Waals surface area contributed by atoms with E-state index < -0.39 is 6.10 Å². The number of hydrogen-bond donors (Lipinski definition) is 2. The molecule has 0 saturated carbocycles. The molecule has 2 aromatic carbocycles. The van der Waals surface area contributed by atoms with Crippen LogP contribution >= 0.6 is 0 Å². The van der Waals surface area contributed by atoms with E-state index in [1.54, 1.807) is 0 Å². The molecule has 3 heteroatoms. The Bertz CT molecular complexity index is 569. The first kappa shape index (κ1) is 15.5. The van der Waals surface area contributed by atoms with Crippen molar-refractivity contribution in [3.8, 4) is 5.75 Å². The van der Waals surface area contributed by atoms with Gasteiger partial charge in [0.25, 0.3) is 0 Å². The zero-order valence-corrected chi connectivity index (χ0v) is 12.8. The smallest absolute Gasteiger partial charge is 0.147 e. The predicted molar refractivity (Wildman–Crippen MR) is 85.4 cm³/mol. The number of aliphatic hydroxyl groups excluding tert-OH is 1. The second-order valence-electron chi connectivity index (χ2n) is 5.36. The lowest BCUT2D eigenvalue weighted by Gasteiger charge is -2.20. The third-order valence-electron chi connectivity index (χ3n) is 3.43. The van der Waals surface area contributed by atoms with Crippen molar-refractivity contribution in [3.63, 3.8) is 0 Å². The number of benzene rings is 2. The van der Waals surface area contributed by atoms with E-state index in [4.69, 9.17) is 4.74 Å². The van der Waals surface area contributed by atoms with Gasteiger partial charge in [0, 0.05) is 6.54 Å². The average Bonchev–Trinajstić information content (AvgIpc) is 2.49. The molecule has 0 aliphatic heterocycles. The van der Waals surface area contributed by atoms with Crippen LogP contribution in [0.2, 0.25) is 0 Å². The molecule has 0 aromatic heterocycles.